The molecule has 1 aromatic carbocycles. The molecule has 20 heavy (non-hydrogen) atoms. The monoisotopic (exact) mass is 319 g/mol. The van der Waals surface area contributed by atoms with Crippen LogP contribution in [0.1, 0.15) is 12.0 Å². The molecule has 2 rings (SSSR count). The van der Waals surface area contributed by atoms with Crippen molar-refractivity contribution in [2.24, 2.45) is 0 Å². The molecule has 112 valence electrons. The summed E-state index contributed by atoms with van der Waals surface area (Å²) in [6, 6.07) is 4.26. The summed E-state index contributed by atoms with van der Waals surface area (Å²) in [5.41, 5.74) is 0.783. The van der Waals surface area contributed by atoms with Crippen molar-refractivity contribution in [3.8, 4) is 5.75 Å². The number of rotatable bonds is 4. The van der Waals surface area contributed by atoms with Gasteiger partial charge in [0.2, 0.25) is 10.0 Å². The second kappa shape index (κ2) is 5.34. The Morgan fingerprint density at radius 2 is 2.05 bits per heavy atom. The molecule has 1 aliphatic rings. The number of aryl methyl sites for hydroxylation is 1. The Labute approximate surface area is 119 Å². The van der Waals surface area contributed by atoms with Crippen molar-refractivity contribution in [2.75, 3.05) is 18.6 Å². The van der Waals surface area contributed by atoms with Crippen LogP contribution in [0.2, 0.25) is 0 Å². The van der Waals surface area contributed by atoms with Gasteiger partial charge in [0.25, 0.3) is 0 Å². The molecule has 1 heterocycles. The molecule has 0 radical (unpaired) electrons. The van der Waals surface area contributed by atoms with Crippen LogP contribution in [0.25, 0.3) is 0 Å². The van der Waals surface area contributed by atoms with Gasteiger partial charge in [0.1, 0.15) is 10.6 Å². The molecular weight excluding hydrogens is 302 g/mol. The van der Waals surface area contributed by atoms with Crippen LogP contribution in [0.4, 0.5) is 0 Å². The fourth-order valence-electron chi connectivity index (χ4n) is 2.16. The maximum Gasteiger partial charge on any atom is 0.244 e. The third-order valence-electron chi connectivity index (χ3n) is 3.16. The molecule has 6 nitrogen and oxygen atoms in total. The Balaban J connectivity index is 2.29. The van der Waals surface area contributed by atoms with Gasteiger partial charge in [-0.05, 0) is 31.0 Å². The zero-order chi connectivity index (χ0) is 15.0. The van der Waals surface area contributed by atoms with E-state index < -0.39 is 25.9 Å². The van der Waals surface area contributed by atoms with E-state index in [0.717, 1.165) is 5.56 Å². The van der Waals surface area contributed by atoms with Gasteiger partial charge >= 0.3 is 0 Å². The van der Waals surface area contributed by atoms with Crippen LogP contribution < -0.4 is 9.46 Å². The molecule has 0 spiro atoms. The van der Waals surface area contributed by atoms with Crippen molar-refractivity contribution >= 4 is 19.9 Å². The molecule has 1 atom stereocenters. The predicted octanol–water partition coefficient (Wildman–Crippen LogP) is 0.469. The standard InChI is InChI=1S/C12H17NO5S2/c1-9-3-4-11(18-2)12(7-9)20(16,17)13-10-5-6-19(14,15)8-10/h3-4,7,10,13H,5-6,8H2,1-2H3/t10-/m0/s1. The average molecular weight is 319 g/mol. The summed E-state index contributed by atoms with van der Waals surface area (Å²) in [5, 5.41) is 0. The van der Waals surface area contributed by atoms with E-state index in [-0.39, 0.29) is 22.2 Å². The molecule has 1 aromatic rings. The van der Waals surface area contributed by atoms with Gasteiger partial charge in [-0.1, -0.05) is 6.07 Å². The van der Waals surface area contributed by atoms with Crippen LogP contribution in [0.5, 0.6) is 5.75 Å². The lowest BCUT2D eigenvalue weighted by Crippen LogP contribution is -2.35. The Kier molecular flexibility index (Phi) is 4.08. The SMILES string of the molecule is COc1ccc(C)cc1S(=O)(=O)N[C@H]1CCS(=O)(=O)C1. The summed E-state index contributed by atoms with van der Waals surface area (Å²) in [4.78, 5) is 0.0318. The molecule has 8 heteroatoms. The van der Waals surface area contributed by atoms with E-state index in [1.807, 2.05) is 0 Å². The highest BCUT2D eigenvalue weighted by atomic mass is 32.2. The first-order valence-corrected chi connectivity index (χ1v) is 9.41. The lowest BCUT2D eigenvalue weighted by molar-refractivity contribution is 0.402. The van der Waals surface area contributed by atoms with Gasteiger partial charge in [-0.15, -0.1) is 0 Å². The predicted molar refractivity (Wildman–Crippen MR) is 75.1 cm³/mol. The van der Waals surface area contributed by atoms with Gasteiger partial charge in [-0.3, -0.25) is 0 Å². The number of ether oxygens (including phenoxy) is 1. The van der Waals surface area contributed by atoms with E-state index in [1.54, 1.807) is 19.1 Å². The van der Waals surface area contributed by atoms with Crippen LogP contribution in [0.3, 0.4) is 0 Å². The Morgan fingerprint density at radius 3 is 2.60 bits per heavy atom. The first kappa shape index (κ1) is 15.3. The lowest BCUT2D eigenvalue weighted by atomic mass is 10.2. The van der Waals surface area contributed by atoms with Crippen molar-refractivity contribution in [2.45, 2.75) is 24.3 Å². The number of benzene rings is 1. The van der Waals surface area contributed by atoms with Crippen molar-refractivity contribution in [3.63, 3.8) is 0 Å². The second-order valence-corrected chi connectivity index (χ2v) is 8.79. The summed E-state index contributed by atoms with van der Waals surface area (Å²) < 4.78 is 54.9. The van der Waals surface area contributed by atoms with Crippen molar-refractivity contribution in [3.05, 3.63) is 23.8 Å². The molecule has 1 fully saturated rings. The molecule has 0 aromatic heterocycles. The van der Waals surface area contributed by atoms with E-state index >= 15 is 0 Å². The van der Waals surface area contributed by atoms with Gasteiger partial charge < -0.3 is 4.74 Å². The highest BCUT2D eigenvalue weighted by Gasteiger charge is 2.32. The largest absolute Gasteiger partial charge is 0.495 e. The lowest BCUT2D eigenvalue weighted by Gasteiger charge is -2.14. The third-order valence-corrected chi connectivity index (χ3v) is 6.47. The van der Waals surface area contributed by atoms with E-state index in [2.05, 4.69) is 4.72 Å². The number of hydrogen-bond acceptors (Lipinski definition) is 5. The topological polar surface area (TPSA) is 89.5 Å². The normalized spacial score (nSPS) is 21.8. The first-order chi connectivity index (χ1) is 9.23. The van der Waals surface area contributed by atoms with Gasteiger partial charge in [-0.2, -0.15) is 0 Å². The van der Waals surface area contributed by atoms with E-state index in [9.17, 15) is 16.8 Å². The number of methoxy groups -OCH3 is 1. The van der Waals surface area contributed by atoms with Crippen LogP contribution >= 0.6 is 0 Å². The van der Waals surface area contributed by atoms with E-state index in [4.69, 9.17) is 4.74 Å². The molecule has 1 saturated heterocycles. The molecule has 0 saturated carbocycles. The Morgan fingerprint density at radius 1 is 1.35 bits per heavy atom. The van der Waals surface area contributed by atoms with Crippen LogP contribution in [-0.4, -0.2) is 41.5 Å². The molecule has 1 N–H and O–H groups in total. The minimum Gasteiger partial charge on any atom is -0.495 e. The summed E-state index contributed by atoms with van der Waals surface area (Å²) in [5.74, 6) is 0.106. The van der Waals surface area contributed by atoms with Crippen LogP contribution in [0.15, 0.2) is 23.1 Å². The summed E-state index contributed by atoms with van der Waals surface area (Å²) >= 11 is 0. The van der Waals surface area contributed by atoms with Crippen LogP contribution in [0, 0.1) is 6.92 Å². The second-order valence-electron chi connectivity index (χ2n) is 4.88. The summed E-state index contributed by atoms with van der Waals surface area (Å²) in [6.45, 7) is 1.78. The number of sulfonamides is 1. The quantitative estimate of drug-likeness (QED) is 0.871. The fraction of sp³-hybridized carbons (Fsp3) is 0.500. The highest BCUT2D eigenvalue weighted by Crippen LogP contribution is 2.25. The van der Waals surface area contributed by atoms with Gasteiger partial charge in [0.15, 0.2) is 9.84 Å². The summed E-state index contributed by atoms with van der Waals surface area (Å²) in [6.07, 6.45) is 0.301. The van der Waals surface area contributed by atoms with Crippen molar-refractivity contribution < 1.29 is 21.6 Å². The molecule has 1 aliphatic heterocycles. The van der Waals surface area contributed by atoms with E-state index in [1.165, 1.54) is 13.2 Å². The van der Waals surface area contributed by atoms with Crippen molar-refractivity contribution in [1.29, 1.82) is 0 Å². The van der Waals surface area contributed by atoms with Crippen LogP contribution in [-0.2, 0) is 19.9 Å². The minimum atomic E-state index is -3.80. The zero-order valence-electron chi connectivity index (χ0n) is 11.3. The minimum absolute atomic E-state index is 0.0190. The Hall–Kier alpha value is -1.12. The van der Waals surface area contributed by atoms with Gasteiger partial charge in [-0.25, -0.2) is 21.6 Å². The number of hydrogen-bond donors (Lipinski definition) is 1. The fourth-order valence-corrected chi connectivity index (χ4v) is 5.47. The maximum atomic E-state index is 12.3. The summed E-state index contributed by atoms with van der Waals surface area (Å²) in [7, 11) is -5.54. The number of nitrogens with one attached hydrogen (secondary N) is 1. The molecule has 0 amide bonds. The highest BCUT2D eigenvalue weighted by molar-refractivity contribution is 7.92. The number of sulfone groups is 1. The third kappa shape index (κ3) is 3.31. The smallest absolute Gasteiger partial charge is 0.244 e. The molecule has 0 aliphatic carbocycles. The maximum absolute atomic E-state index is 12.3. The molecule has 0 bridgehead atoms. The zero-order valence-corrected chi connectivity index (χ0v) is 12.9. The van der Waals surface area contributed by atoms with Gasteiger partial charge in [0.05, 0.1) is 18.6 Å². The van der Waals surface area contributed by atoms with E-state index in [0.29, 0.717) is 6.42 Å². The van der Waals surface area contributed by atoms with Crippen molar-refractivity contribution in [1.82, 2.24) is 4.72 Å². The average Bonchev–Trinajstić information content (AvgIpc) is 2.68. The Bertz CT molecular complexity index is 709. The molecule has 0 unspecified atom stereocenters. The molecular formula is C12H17NO5S2. The first-order valence-electron chi connectivity index (χ1n) is 6.11. The van der Waals surface area contributed by atoms with Gasteiger partial charge in [0, 0.05) is 6.04 Å².